The van der Waals surface area contributed by atoms with Crippen LogP contribution in [0.3, 0.4) is 0 Å². The van der Waals surface area contributed by atoms with Gasteiger partial charge >= 0.3 is 6.09 Å². The van der Waals surface area contributed by atoms with Crippen molar-refractivity contribution in [3.8, 4) is 0 Å². The number of nitrogens with zero attached hydrogens (tertiary/aromatic N) is 2. The fourth-order valence-electron chi connectivity index (χ4n) is 3.15. The van der Waals surface area contributed by atoms with Crippen LogP contribution in [0.1, 0.15) is 90.4 Å². The van der Waals surface area contributed by atoms with E-state index in [9.17, 15) is 19.7 Å². The van der Waals surface area contributed by atoms with Gasteiger partial charge in [-0.05, 0) is 25.7 Å². The molecule has 0 unspecified atom stereocenters. The van der Waals surface area contributed by atoms with Crippen LogP contribution in [0.5, 0.6) is 0 Å². The Morgan fingerprint density at radius 1 is 1.00 bits per heavy atom. The van der Waals surface area contributed by atoms with E-state index in [1.54, 1.807) is 5.43 Å². The van der Waals surface area contributed by atoms with E-state index in [2.05, 4.69) is 22.5 Å². The quantitative estimate of drug-likeness (QED) is 0.0669. The lowest BCUT2D eigenvalue weighted by Gasteiger charge is -2.16. The molecular formula is C20H40N6O5. The number of hydrazine groups is 1. The Bertz CT molecular complexity index is 544. The standard InChI is InChI=1S/C20H40N6O5/c1-2-3-4-5-6-7-8-9-10-12-15-22-18(27)17(24-20(28)29)14-11-13-16-23-19(21)25-26(30)31/h17,24H,2-16H2,1H3,(H,22,27)(H,28,29)(H3,21,23,25)/t17-/m0/s1. The van der Waals surface area contributed by atoms with Gasteiger partial charge in [0.05, 0.1) is 0 Å². The van der Waals surface area contributed by atoms with Gasteiger partial charge in [-0.25, -0.2) is 19.9 Å². The molecule has 11 nitrogen and oxygen atoms in total. The van der Waals surface area contributed by atoms with Gasteiger partial charge < -0.3 is 21.5 Å². The number of hydrogen-bond acceptors (Lipinski definition) is 5. The molecule has 0 aromatic rings. The molecule has 0 heterocycles. The van der Waals surface area contributed by atoms with Crippen LogP contribution in [-0.2, 0) is 4.79 Å². The molecule has 0 fully saturated rings. The lowest BCUT2D eigenvalue weighted by molar-refractivity contribution is -0.525. The second-order valence-corrected chi connectivity index (χ2v) is 7.61. The number of nitrogens with two attached hydrogens (primary N) is 1. The first-order valence-corrected chi connectivity index (χ1v) is 11.3. The Kier molecular flexibility index (Phi) is 17.8. The first kappa shape index (κ1) is 28.4. The highest BCUT2D eigenvalue weighted by Crippen LogP contribution is 2.10. The van der Waals surface area contributed by atoms with Crippen LogP contribution >= 0.6 is 0 Å². The van der Waals surface area contributed by atoms with Crippen LogP contribution in [-0.4, -0.2) is 47.2 Å². The summed E-state index contributed by atoms with van der Waals surface area (Å²) in [5, 5.41) is 23.4. The number of nitrogens with one attached hydrogen (secondary N) is 3. The third kappa shape index (κ3) is 19.1. The van der Waals surface area contributed by atoms with Gasteiger partial charge in [-0.15, -0.1) is 0 Å². The minimum Gasteiger partial charge on any atom is -0.465 e. The molecule has 0 bridgehead atoms. The zero-order valence-electron chi connectivity index (χ0n) is 18.7. The lowest BCUT2D eigenvalue weighted by atomic mass is 10.1. The molecule has 31 heavy (non-hydrogen) atoms. The second-order valence-electron chi connectivity index (χ2n) is 7.61. The average molecular weight is 445 g/mol. The summed E-state index contributed by atoms with van der Waals surface area (Å²) in [6.45, 7) is 2.99. The minimum absolute atomic E-state index is 0.243. The van der Waals surface area contributed by atoms with E-state index in [0.29, 0.717) is 25.8 Å². The van der Waals surface area contributed by atoms with Crippen LogP contribution in [0.15, 0.2) is 4.99 Å². The number of aliphatic imine (C=N–C) groups is 1. The first-order valence-electron chi connectivity index (χ1n) is 11.3. The molecule has 0 aromatic heterocycles. The van der Waals surface area contributed by atoms with Crippen LogP contribution < -0.4 is 21.8 Å². The van der Waals surface area contributed by atoms with E-state index >= 15 is 0 Å². The number of hydrogen-bond donors (Lipinski definition) is 5. The van der Waals surface area contributed by atoms with Crippen molar-refractivity contribution in [3.63, 3.8) is 0 Å². The van der Waals surface area contributed by atoms with Crippen LogP contribution in [0, 0.1) is 10.1 Å². The third-order valence-electron chi connectivity index (χ3n) is 4.83. The summed E-state index contributed by atoms with van der Waals surface area (Å²) in [5.41, 5.74) is 7.04. The Balaban J connectivity index is 3.94. The highest BCUT2D eigenvalue weighted by atomic mass is 16.7. The van der Waals surface area contributed by atoms with E-state index in [0.717, 1.165) is 19.3 Å². The van der Waals surface area contributed by atoms with Crippen molar-refractivity contribution in [3.05, 3.63) is 10.1 Å². The summed E-state index contributed by atoms with van der Waals surface area (Å²) in [4.78, 5) is 37.2. The maximum absolute atomic E-state index is 12.3. The summed E-state index contributed by atoms with van der Waals surface area (Å²) in [6.07, 6.45) is 12.2. The van der Waals surface area contributed by atoms with E-state index < -0.39 is 17.2 Å². The maximum Gasteiger partial charge on any atom is 0.405 e. The third-order valence-corrected chi connectivity index (χ3v) is 4.83. The molecule has 0 spiro atoms. The Hall–Kier alpha value is -2.59. The predicted molar refractivity (Wildman–Crippen MR) is 120 cm³/mol. The number of unbranched alkanes of at least 4 members (excludes halogenated alkanes) is 10. The minimum atomic E-state index is -1.25. The van der Waals surface area contributed by atoms with E-state index in [4.69, 9.17) is 10.8 Å². The summed E-state index contributed by atoms with van der Waals surface area (Å²) >= 11 is 0. The molecule has 1 atom stereocenters. The van der Waals surface area contributed by atoms with Crippen LogP contribution in [0.25, 0.3) is 0 Å². The molecule has 180 valence electrons. The predicted octanol–water partition coefficient (Wildman–Crippen LogP) is 2.93. The number of rotatable bonds is 19. The van der Waals surface area contributed by atoms with Crippen LogP contribution in [0.2, 0.25) is 0 Å². The molecule has 0 aliphatic carbocycles. The van der Waals surface area contributed by atoms with Gasteiger partial charge in [0.25, 0.3) is 5.96 Å². The zero-order valence-corrected chi connectivity index (χ0v) is 18.7. The number of carbonyl (C=O) groups is 2. The molecule has 0 aliphatic rings. The summed E-state index contributed by atoms with van der Waals surface area (Å²) < 4.78 is 0. The monoisotopic (exact) mass is 444 g/mol. The zero-order chi connectivity index (χ0) is 23.3. The second kappa shape index (κ2) is 19.4. The number of carboxylic acid groups (broad SMARTS) is 1. The fraction of sp³-hybridized carbons (Fsp3) is 0.850. The summed E-state index contributed by atoms with van der Waals surface area (Å²) in [7, 11) is 0. The van der Waals surface area contributed by atoms with Gasteiger partial charge in [-0.2, -0.15) is 0 Å². The number of nitro groups is 1. The first-order chi connectivity index (χ1) is 14.9. The van der Waals surface area contributed by atoms with Crippen molar-refractivity contribution in [2.75, 3.05) is 13.1 Å². The Morgan fingerprint density at radius 3 is 2.13 bits per heavy atom. The van der Waals surface area contributed by atoms with Crippen molar-refractivity contribution >= 4 is 18.0 Å². The molecule has 0 aromatic carbocycles. The number of guanidine groups is 1. The summed E-state index contributed by atoms with van der Waals surface area (Å²) in [6, 6.07) is -0.834. The normalized spacial score (nSPS) is 12.2. The Labute approximate surface area is 184 Å². The van der Waals surface area contributed by atoms with Gasteiger partial charge in [0.2, 0.25) is 5.91 Å². The van der Waals surface area contributed by atoms with E-state index in [-0.39, 0.29) is 18.4 Å². The van der Waals surface area contributed by atoms with E-state index in [1.807, 2.05) is 0 Å². The highest BCUT2D eigenvalue weighted by molar-refractivity contribution is 5.85. The van der Waals surface area contributed by atoms with Crippen molar-refractivity contribution in [1.82, 2.24) is 16.1 Å². The molecular weight excluding hydrogens is 404 g/mol. The maximum atomic E-state index is 12.3. The largest absolute Gasteiger partial charge is 0.465 e. The molecule has 0 radical (unpaired) electrons. The van der Waals surface area contributed by atoms with Crippen molar-refractivity contribution in [2.45, 2.75) is 96.4 Å². The van der Waals surface area contributed by atoms with Gasteiger partial charge in [-0.3, -0.25) is 4.79 Å². The summed E-state index contributed by atoms with van der Waals surface area (Å²) in [5.74, 6) is -0.629. The van der Waals surface area contributed by atoms with Crippen molar-refractivity contribution in [1.29, 1.82) is 0 Å². The molecule has 0 saturated carbocycles. The molecule has 0 aliphatic heterocycles. The highest BCUT2D eigenvalue weighted by Gasteiger charge is 2.19. The molecule has 6 N–H and O–H groups in total. The van der Waals surface area contributed by atoms with Crippen molar-refractivity contribution in [2.24, 2.45) is 10.7 Å². The topological polar surface area (TPSA) is 172 Å². The van der Waals surface area contributed by atoms with Gasteiger partial charge in [0, 0.05) is 13.1 Å². The smallest absolute Gasteiger partial charge is 0.405 e. The van der Waals surface area contributed by atoms with Gasteiger partial charge in [0.1, 0.15) is 6.04 Å². The SMILES string of the molecule is CCCCCCCCCCCCNC(=O)[C@H](CCCCN=C(N)N[N+](=O)[O-])NC(=O)O. The van der Waals surface area contributed by atoms with Gasteiger partial charge in [0.15, 0.2) is 5.03 Å². The molecule has 0 rings (SSSR count). The molecule has 0 saturated heterocycles. The van der Waals surface area contributed by atoms with E-state index in [1.165, 1.54) is 44.9 Å². The van der Waals surface area contributed by atoms with Crippen LogP contribution in [0.4, 0.5) is 4.79 Å². The van der Waals surface area contributed by atoms with Crippen molar-refractivity contribution < 1.29 is 19.7 Å². The lowest BCUT2D eigenvalue weighted by Crippen LogP contribution is -2.46. The Morgan fingerprint density at radius 2 is 1.58 bits per heavy atom. The molecule has 11 heteroatoms. The molecule has 2 amide bonds. The van der Waals surface area contributed by atoms with Gasteiger partial charge in [-0.1, -0.05) is 70.1 Å². The average Bonchev–Trinajstić information content (AvgIpc) is 2.69. The fourth-order valence-corrected chi connectivity index (χ4v) is 3.15. The number of amides is 2. The number of carbonyl (C=O) groups excluding carboxylic acids is 1.